The normalized spacial score (nSPS) is 15.3. The van der Waals surface area contributed by atoms with E-state index in [1.807, 2.05) is 30.0 Å². The Labute approximate surface area is 122 Å². The Balaban J connectivity index is 1.87. The molecule has 0 saturated carbocycles. The van der Waals surface area contributed by atoms with Gasteiger partial charge in [0.25, 0.3) is 5.91 Å². The number of rotatable bonds is 2. The number of likely N-dealkylation sites (tertiary alicyclic amines) is 1. The molecule has 1 fully saturated rings. The molecule has 0 unspecified atom stereocenters. The van der Waals surface area contributed by atoms with Crippen LogP contribution in [-0.4, -0.2) is 44.5 Å². The molecule has 1 aromatic heterocycles. The predicted octanol–water partition coefficient (Wildman–Crippen LogP) is 1.97. The summed E-state index contributed by atoms with van der Waals surface area (Å²) in [4.78, 5) is 14.4. The lowest BCUT2D eigenvalue weighted by Crippen LogP contribution is -2.36. The summed E-state index contributed by atoms with van der Waals surface area (Å²) >= 11 is 0. The van der Waals surface area contributed by atoms with Crippen molar-refractivity contribution in [2.45, 2.75) is 19.8 Å². The lowest BCUT2D eigenvalue weighted by atomic mass is 10.0. The number of carbonyl (C=O) groups is 1. The zero-order valence-electron chi connectivity index (χ0n) is 12.0. The number of tetrazole rings is 1. The first-order valence-electron chi connectivity index (χ1n) is 6.95. The van der Waals surface area contributed by atoms with Crippen LogP contribution in [0.4, 0.5) is 0 Å². The Bertz CT molecular complexity index is 667. The average Bonchev–Trinajstić information content (AvgIpc) is 3.02. The number of hydrogen-bond acceptors (Lipinski definition) is 4. The fourth-order valence-corrected chi connectivity index (χ4v) is 2.48. The van der Waals surface area contributed by atoms with Crippen molar-refractivity contribution in [2.75, 3.05) is 13.1 Å². The van der Waals surface area contributed by atoms with E-state index in [4.69, 9.17) is 0 Å². The Hall–Kier alpha value is -2.50. The van der Waals surface area contributed by atoms with Crippen LogP contribution in [0.1, 0.15) is 28.8 Å². The molecule has 1 aliphatic rings. The third-order valence-corrected chi connectivity index (χ3v) is 3.83. The van der Waals surface area contributed by atoms with Gasteiger partial charge in [0.2, 0.25) is 5.82 Å². The van der Waals surface area contributed by atoms with Gasteiger partial charge in [0, 0.05) is 24.2 Å². The van der Waals surface area contributed by atoms with Gasteiger partial charge in [-0.2, -0.15) is 5.21 Å². The Morgan fingerprint density at radius 2 is 2.10 bits per heavy atom. The van der Waals surface area contributed by atoms with E-state index < -0.39 is 0 Å². The van der Waals surface area contributed by atoms with Gasteiger partial charge in [-0.05, 0) is 42.7 Å². The van der Waals surface area contributed by atoms with Crippen LogP contribution in [0.5, 0.6) is 0 Å². The number of aromatic nitrogens is 4. The lowest BCUT2D eigenvalue weighted by Gasteiger charge is -2.28. The van der Waals surface area contributed by atoms with E-state index in [-0.39, 0.29) is 5.91 Å². The first-order chi connectivity index (χ1) is 10.1. The SMILES string of the molecule is C=C1CCN(C(=O)c2ccc(C)c(-c3nn[nH]n3)c2)CC1. The number of piperidine rings is 1. The van der Waals surface area contributed by atoms with Crippen LogP contribution in [0.3, 0.4) is 0 Å². The van der Waals surface area contributed by atoms with Crippen LogP contribution in [0.15, 0.2) is 30.4 Å². The zero-order valence-corrected chi connectivity index (χ0v) is 12.0. The van der Waals surface area contributed by atoms with Gasteiger partial charge in [0.15, 0.2) is 0 Å². The van der Waals surface area contributed by atoms with Crippen LogP contribution in [0.2, 0.25) is 0 Å². The van der Waals surface area contributed by atoms with Crippen molar-refractivity contribution in [3.8, 4) is 11.4 Å². The smallest absolute Gasteiger partial charge is 0.253 e. The maximum Gasteiger partial charge on any atom is 0.253 e. The van der Waals surface area contributed by atoms with Crippen LogP contribution < -0.4 is 0 Å². The minimum absolute atomic E-state index is 0.0484. The number of amides is 1. The summed E-state index contributed by atoms with van der Waals surface area (Å²) < 4.78 is 0. The maximum atomic E-state index is 12.6. The number of nitrogens with zero attached hydrogens (tertiary/aromatic N) is 4. The Kier molecular flexibility index (Phi) is 3.51. The average molecular weight is 283 g/mol. The highest BCUT2D eigenvalue weighted by molar-refractivity contribution is 5.95. The molecule has 1 saturated heterocycles. The second-order valence-electron chi connectivity index (χ2n) is 5.31. The monoisotopic (exact) mass is 283 g/mol. The standard InChI is InChI=1S/C15H17N5O/c1-10-5-7-20(8-6-10)15(21)12-4-3-11(2)13(9-12)14-16-18-19-17-14/h3-4,9H,1,5-8H2,2H3,(H,16,17,18,19). The number of nitrogens with one attached hydrogen (secondary N) is 1. The van der Waals surface area contributed by atoms with Crippen molar-refractivity contribution < 1.29 is 4.79 Å². The zero-order chi connectivity index (χ0) is 14.8. The topological polar surface area (TPSA) is 74.8 Å². The fourth-order valence-electron chi connectivity index (χ4n) is 2.48. The molecular formula is C15H17N5O. The summed E-state index contributed by atoms with van der Waals surface area (Å²) in [6.07, 6.45) is 1.77. The molecule has 2 aromatic rings. The van der Waals surface area contributed by atoms with Gasteiger partial charge in [-0.3, -0.25) is 4.79 Å². The molecule has 0 spiro atoms. The first kappa shape index (κ1) is 13.5. The van der Waals surface area contributed by atoms with Crippen molar-refractivity contribution in [1.82, 2.24) is 25.5 Å². The number of benzene rings is 1. The van der Waals surface area contributed by atoms with E-state index >= 15 is 0 Å². The first-order valence-corrected chi connectivity index (χ1v) is 6.95. The quantitative estimate of drug-likeness (QED) is 0.855. The Morgan fingerprint density at radius 3 is 2.76 bits per heavy atom. The molecule has 0 aliphatic carbocycles. The van der Waals surface area contributed by atoms with Crippen LogP contribution in [0.25, 0.3) is 11.4 Å². The summed E-state index contributed by atoms with van der Waals surface area (Å²) in [7, 11) is 0. The lowest BCUT2D eigenvalue weighted by molar-refractivity contribution is 0.0744. The number of carbonyl (C=O) groups excluding carboxylic acids is 1. The molecule has 2 heterocycles. The van der Waals surface area contributed by atoms with Crippen molar-refractivity contribution in [2.24, 2.45) is 0 Å². The summed E-state index contributed by atoms with van der Waals surface area (Å²) in [5.41, 5.74) is 3.72. The summed E-state index contributed by atoms with van der Waals surface area (Å²) in [6, 6.07) is 5.61. The number of aryl methyl sites for hydroxylation is 1. The highest BCUT2D eigenvalue weighted by Gasteiger charge is 2.20. The molecule has 1 amide bonds. The summed E-state index contributed by atoms with van der Waals surface area (Å²) in [5.74, 6) is 0.557. The minimum Gasteiger partial charge on any atom is -0.338 e. The van der Waals surface area contributed by atoms with Crippen molar-refractivity contribution in [3.63, 3.8) is 0 Å². The van der Waals surface area contributed by atoms with Gasteiger partial charge in [-0.15, -0.1) is 10.2 Å². The molecule has 0 atom stereocenters. The molecule has 0 bridgehead atoms. The van der Waals surface area contributed by atoms with Gasteiger partial charge in [0.05, 0.1) is 0 Å². The largest absolute Gasteiger partial charge is 0.338 e. The Morgan fingerprint density at radius 1 is 1.33 bits per heavy atom. The van der Waals surface area contributed by atoms with E-state index in [0.29, 0.717) is 11.4 Å². The van der Waals surface area contributed by atoms with Crippen molar-refractivity contribution in [3.05, 3.63) is 41.5 Å². The third kappa shape index (κ3) is 2.69. The van der Waals surface area contributed by atoms with E-state index in [0.717, 1.165) is 37.1 Å². The summed E-state index contributed by atoms with van der Waals surface area (Å²) in [5, 5.41) is 14.0. The van der Waals surface area contributed by atoms with Crippen LogP contribution in [-0.2, 0) is 0 Å². The van der Waals surface area contributed by atoms with Gasteiger partial charge in [-0.1, -0.05) is 18.2 Å². The molecule has 6 heteroatoms. The maximum absolute atomic E-state index is 12.6. The van der Waals surface area contributed by atoms with Gasteiger partial charge < -0.3 is 4.90 Å². The van der Waals surface area contributed by atoms with Gasteiger partial charge >= 0.3 is 0 Å². The van der Waals surface area contributed by atoms with E-state index in [9.17, 15) is 4.79 Å². The fraction of sp³-hybridized carbons (Fsp3) is 0.333. The van der Waals surface area contributed by atoms with E-state index in [1.54, 1.807) is 0 Å². The second-order valence-corrected chi connectivity index (χ2v) is 5.31. The third-order valence-electron chi connectivity index (χ3n) is 3.83. The number of hydrogen-bond donors (Lipinski definition) is 1. The molecule has 3 rings (SSSR count). The summed E-state index contributed by atoms with van der Waals surface area (Å²) in [6.45, 7) is 7.42. The van der Waals surface area contributed by atoms with E-state index in [1.165, 1.54) is 5.57 Å². The van der Waals surface area contributed by atoms with Gasteiger partial charge in [0.1, 0.15) is 0 Å². The molecule has 1 aliphatic heterocycles. The van der Waals surface area contributed by atoms with E-state index in [2.05, 4.69) is 27.2 Å². The molecule has 6 nitrogen and oxygen atoms in total. The minimum atomic E-state index is 0.0484. The number of aromatic amines is 1. The molecule has 1 aromatic carbocycles. The number of H-pyrrole nitrogens is 1. The molecule has 0 radical (unpaired) electrons. The van der Waals surface area contributed by atoms with Crippen molar-refractivity contribution in [1.29, 1.82) is 0 Å². The van der Waals surface area contributed by atoms with Crippen molar-refractivity contribution >= 4 is 5.91 Å². The molecule has 1 N–H and O–H groups in total. The highest BCUT2D eigenvalue weighted by Crippen LogP contribution is 2.22. The van der Waals surface area contributed by atoms with Crippen LogP contribution >= 0.6 is 0 Å². The molecule has 108 valence electrons. The molecule has 21 heavy (non-hydrogen) atoms. The van der Waals surface area contributed by atoms with Crippen LogP contribution in [0, 0.1) is 6.92 Å². The second kappa shape index (κ2) is 5.47. The predicted molar refractivity (Wildman–Crippen MR) is 78.6 cm³/mol. The molecular weight excluding hydrogens is 266 g/mol. The highest BCUT2D eigenvalue weighted by atomic mass is 16.2. The van der Waals surface area contributed by atoms with Gasteiger partial charge in [-0.25, -0.2) is 0 Å².